The topological polar surface area (TPSA) is 54.0 Å². The van der Waals surface area contributed by atoms with Gasteiger partial charge in [0.25, 0.3) is 0 Å². The van der Waals surface area contributed by atoms with E-state index >= 15 is 0 Å². The minimum Gasteiger partial charge on any atom is -0.347 e. The van der Waals surface area contributed by atoms with Crippen molar-refractivity contribution < 1.29 is 4.79 Å². The number of aryl methyl sites for hydroxylation is 1. The Morgan fingerprint density at radius 3 is 3.18 bits per heavy atom. The first-order chi connectivity index (χ1) is 8.20. The summed E-state index contributed by atoms with van der Waals surface area (Å²) in [6, 6.07) is 0.0217. The Kier molecular flexibility index (Phi) is 4.12. The van der Waals surface area contributed by atoms with Crippen LogP contribution in [0, 0.1) is 5.92 Å². The fourth-order valence-electron chi connectivity index (χ4n) is 1.96. The van der Waals surface area contributed by atoms with E-state index in [2.05, 4.69) is 22.5 Å². The fourth-order valence-corrected chi connectivity index (χ4v) is 2.82. The van der Waals surface area contributed by atoms with Gasteiger partial charge >= 0.3 is 0 Å². The lowest BCUT2D eigenvalue weighted by Crippen LogP contribution is -2.33. The number of rotatable bonds is 4. The lowest BCUT2D eigenvalue weighted by atomic mass is 10.1. The zero-order chi connectivity index (χ0) is 12.3. The average molecular weight is 253 g/mol. The van der Waals surface area contributed by atoms with Crippen molar-refractivity contribution in [3.63, 3.8) is 0 Å². The highest BCUT2D eigenvalue weighted by molar-refractivity contribution is 7.11. The first-order valence-corrected chi connectivity index (χ1v) is 6.98. The molecular formula is C12H19N3OS. The van der Waals surface area contributed by atoms with Crippen molar-refractivity contribution in [2.24, 2.45) is 5.92 Å². The zero-order valence-electron chi connectivity index (χ0n) is 10.3. The van der Waals surface area contributed by atoms with E-state index in [9.17, 15) is 4.79 Å². The Labute approximate surface area is 106 Å². The van der Waals surface area contributed by atoms with Gasteiger partial charge in [0, 0.05) is 17.6 Å². The molecule has 4 nitrogen and oxygen atoms in total. The Balaban J connectivity index is 1.91. The SMILES string of the molecule is CCc1cnc(C(C)NC(=O)C2CCNC2)s1. The Bertz CT molecular complexity index is 385. The maximum absolute atomic E-state index is 11.9. The molecule has 94 valence electrons. The van der Waals surface area contributed by atoms with Crippen molar-refractivity contribution in [2.75, 3.05) is 13.1 Å². The second-order valence-electron chi connectivity index (χ2n) is 4.44. The summed E-state index contributed by atoms with van der Waals surface area (Å²) in [5.74, 6) is 0.277. The Morgan fingerprint density at radius 2 is 2.59 bits per heavy atom. The maximum atomic E-state index is 11.9. The lowest BCUT2D eigenvalue weighted by Gasteiger charge is -2.14. The maximum Gasteiger partial charge on any atom is 0.224 e. The van der Waals surface area contributed by atoms with Gasteiger partial charge in [-0.2, -0.15) is 0 Å². The molecule has 0 bridgehead atoms. The molecule has 0 aliphatic carbocycles. The van der Waals surface area contributed by atoms with Gasteiger partial charge < -0.3 is 10.6 Å². The first-order valence-electron chi connectivity index (χ1n) is 6.16. The summed E-state index contributed by atoms with van der Waals surface area (Å²) in [7, 11) is 0. The number of amides is 1. The summed E-state index contributed by atoms with van der Waals surface area (Å²) in [6.07, 6.45) is 3.85. The van der Waals surface area contributed by atoms with Crippen molar-refractivity contribution in [1.82, 2.24) is 15.6 Å². The van der Waals surface area contributed by atoms with Gasteiger partial charge in [-0.3, -0.25) is 4.79 Å². The van der Waals surface area contributed by atoms with Crippen LogP contribution in [0.5, 0.6) is 0 Å². The molecule has 0 radical (unpaired) electrons. The van der Waals surface area contributed by atoms with Gasteiger partial charge in [0.15, 0.2) is 0 Å². The number of carbonyl (C=O) groups excluding carboxylic acids is 1. The van der Waals surface area contributed by atoms with Gasteiger partial charge in [0.1, 0.15) is 5.01 Å². The van der Waals surface area contributed by atoms with Crippen LogP contribution < -0.4 is 10.6 Å². The molecule has 1 amide bonds. The van der Waals surface area contributed by atoms with Gasteiger partial charge in [-0.05, 0) is 26.3 Å². The molecular weight excluding hydrogens is 234 g/mol. The number of aromatic nitrogens is 1. The summed E-state index contributed by atoms with van der Waals surface area (Å²) in [5, 5.41) is 7.25. The monoisotopic (exact) mass is 253 g/mol. The molecule has 1 aromatic rings. The second kappa shape index (κ2) is 5.60. The van der Waals surface area contributed by atoms with Crippen molar-refractivity contribution in [2.45, 2.75) is 32.7 Å². The average Bonchev–Trinajstić information content (AvgIpc) is 3.00. The molecule has 5 heteroatoms. The van der Waals surface area contributed by atoms with E-state index in [1.165, 1.54) is 4.88 Å². The molecule has 0 saturated carbocycles. The van der Waals surface area contributed by atoms with Crippen LogP contribution in [0.3, 0.4) is 0 Å². The van der Waals surface area contributed by atoms with Gasteiger partial charge in [-0.15, -0.1) is 11.3 Å². The molecule has 1 aliphatic rings. The molecule has 2 N–H and O–H groups in total. The van der Waals surface area contributed by atoms with Crippen LogP contribution in [0.1, 0.15) is 36.2 Å². The molecule has 2 atom stereocenters. The van der Waals surface area contributed by atoms with Gasteiger partial charge in [-0.1, -0.05) is 6.92 Å². The smallest absolute Gasteiger partial charge is 0.224 e. The third kappa shape index (κ3) is 3.04. The normalized spacial score (nSPS) is 21.4. The minimum atomic E-state index is 0.0217. The summed E-state index contributed by atoms with van der Waals surface area (Å²) in [5.41, 5.74) is 0. The predicted molar refractivity (Wildman–Crippen MR) is 69.0 cm³/mol. The van der Waals surface area contributed by atoms with Crippen LogP contribution in [-0.2, 0) is 11.2 Å². The van der Waals surface area contributed by atoms with Crippen LogP contribution in [0.15, 0.2) is 6.20 Å². The molecule has 1 fully saturated rings. The van der Waals surface area contributed by atoms with Crippen molar-refractivity contribution in [1.29, 1.82) is 0 Å². The third-order valence-corrected chi connectivity index (χ3v) is 4.40. The van der Waals surface area contributed by atoms with Gasteiger partial charge in [-0.25, -0.2) is 4.98 Å². The van der Waals surface area contributed by atoms with E-state index < -0.39 is 0 Å². The van der Waals surface area contributed by atoms with E-state index in [1.807, 2.05) is 13.1 Å². The molecule has 1 aromatic heterocycles. The molecule has 17 heavy (non-hydrogen) atoms. The second-order valence-corrected chi connectivity index (χ2v) is 5.59. The highest BCUT2D eigenvalue weighted by atomic mass is 32.1. The van der Waals surface area contributed by atoms with Crippen LogP contribution in [0.25, 0.3) is 0 Å². The standard InChI is InChI=1S/C12H19N3OS/c1-3-10-7-14-12(17-10)8(2)15-11(16)9-4-5-13-6-9/h7-9,13H,3-6H2,1-2H3,(H,15,16). The number of hydrogen-bond acceptors (Lipinski definition) is 4. The van der Waals surface area contributed by atoms with Crippen molar-refractivity contribution in [3.8, 4) is 0 Å². The van der Waals surface area contributed by atoms with E-state index in [4.69, 9.17) is 0 Å². The highest BCUT2D eigenvalue weighted by Crippen LogP contribution is 2.21. The van der Waals surface area contributed by atoms with E-state index in [1.54, 1.807) is 11.3 Å². The Morgan fingerprint density at radius 1 is 1.76 bits per heavy atom. The van der Waals surface area contributed by atoms with Crippen LogP contribution in [-0.4, -0.2) is 24.0 Å². The number of nitrogens with one attached hydrogen (secondary N) is 2. The van der Waals surface area contributed by atoms with Crippen molar-refractivity contribution in [3.05, 3.63) is 16.1 Å². The molecule has 2 rings (SSSR count). The van der Waals surface area contributed by atoms with Gasteiger partial charge in [0.2, 0.25) is 5.91 Å². The van der Waals surface area contributed by atoms with Crippen LogP contribution in [0.2, 0.25) is 0 Å². The number of nitrogens with zero attached hydrogens (tertiary/aromatic N) is 1. The number of carbonyl (C=O) groups is 1. The molecule has 2 heterocycles. The minimum absolute atomic E-state index is 0.0217. The summed E-state index contributed by atoms with van der Waals surface area (Å²) in [4.78, 5) is 17.6. The lowest BCUT2D eigenvalue weighted by molar-refractivity contribution is -0.125. The van der Waals surface area contributed by atoms with Crippen LogP contribution >= 0.6 is 11.3 Å². The van der Waals surface area contributed by atoms with E-state index in [0.717, 1.165) is 30.9 Å². The molecule has 1 saturated heterocycles. The zero-order valence-corrected chi connectivity index (χ0v) is 11.1. The first kappa shape index (κ1) is 12.5. The van der Waals surface area contributed by atoms with E-state index in [0.29, 0.717) is 0 Å². The quantitative estimate of drug-likeness (QED) is 0.855. The fraction of sp³-hybridized carbons (Fsp3) is 0.667. The summed E-state index contributed by atoms with van der Waals surface area (Å²) >= 11 is 1.68. The highest BCUT2D eigenvalue weighted by Gasteiger charge is 2.24. The molecule has 2 unspecified atom stereocenters. The van der Waals surface area contributed by atoms with Gasteiger partial charge in [0.05, 0.1) is 12.0 Å². The molecule has 0 spiro atoms. The predicted octanol–water partition coefficient (Wildman–Crippen LogP) is 1.49. The number of thiazole rings is 1. The summed E-state index contributed by atoms with van der Waals surface area (Å²) < 4.78 is 0. The summed E-state index contributed by atoms with van der Waals surface area (Å²) in [6.45, 7) is 5.86. The molecule has 0 aromatic carbocycles. The van der Waals surface area contributed by atoms with Crippen molar-refractivity contribution >= 4 is 17.2 Å². The molecule has 1 aliphatic heterocycles. The largest absolute Gasteiger partial charge is 0.347 e. The Hall–Kier alpha value is -0.940. The third-order valence-electron chi connectivity index (χ3n) is 3.08. The van der Waals surface area contributed by atoms with E-state index in [-0.39, 0.29) is 17.9 Å². The number of hydrogen-bond donors (Lipinski definition) is 2. The van der Waals surface area contributed by atoms with Crippen LogP contribution in [0.4, 0.5) is 0 Å².